The Morgan fingerprint density at radius 3 is 3.00 bits per heavy atom. The van der Waals surface area contributed by atoms with E-state index >= 15 is 0 Å². The van der Waals surface area contributed by atoms with Gasteiger partial charge >= 0.3 is 0 Å². The summed E-state index contributed by atoms with van der Waals surface area (Å²) >= 11 is 1.41. The molecule has 110 valence electrons. The zero-order valence-electron chi connectivity index (χ0n) is 11.1. The van der Waals surface area contributed by atoms with Crippen LogP contribution in [0.5, 0.6) is 0 Å². The normalized spacial score (nSPS) is 11.8. The van der Waals surface area contributed by atoms with E-state index in [4.69, 9.17) is 0 Å². The van der Waals surface area contributed by atoms with Gasteiger partial charge < -0.3 is 5.32 Å². The molecule has 0 saturated carbocycles. The molecule has 7 nitrogen and oxygen atoms in total. The molecule has 0 atom stereocenters. The first-order valence-corrected chi connectivity index (χ1v) is 8.53. The number of hydrogen-bond donors (Lipinski definition) is 2. The Kier molecular flexibility index (Phi) is 5.24. The molecule has 0 radical (unpaired) electrons. The number of aromatic nitrogens is 3. The van der Waals surface area contributed by atoms with E-state index in [1.54, 1.807) is 17.1 Å². The minimum atomic E-state index is -3.53. The molecule has 0 fully saturated rings. The van der Waals surface area contributed by atoms with Crippen LogP contribution in [0.2, 0.25) is 0 Å². The predicted octanol–water partition coefficient (Wildman–Crippen LogP) is 0.428. The van der Waals surface area contributed by atoms with Gasteiger partial charge in [-0.1, -0.05) is 0 Å². The maximum atomic E-state index is 12.1. The van der Waals surface area contributed by atoms with Crippen LogP contribution in [0.4, 0.5) is 0 Å². The van der Waals surface area contributed by atoms with E-state index in [1.165, 1.54) is 17.5 Å². The first-order chi connectivity index (χ1) is 9.62. The molecule has 2 aromatic heterocycles. The van der Waals surface area contributed by atoms with Crippen LogP contribution in [-0.4, -0.2) is 36.8 Å². The van der Waals surface area contributed by atoms with Gasteiger partial charge in [0.15, 0.2) is 0 Å². The van der Waals surface area contributed by atoms with Crippen molar-refractivity contribution in [3.05, 3.63) is 29.0 Å². The quantitative estimate of drug-likeness (QED) is 0.690. The number of sulfonamides is 1. The Balaban J connectivity index is 1.95. The summed E-state index contributed by atoms with van der Waals surface area (Å²) in [6.45, 7) is 1.75. The molecule has 0 amide bonds. The molecule has 0 bridgehead atoms. The van der Waals surface area contributed by atoms with Crippen molar-refractivity contribution in [1.29, 1.82) is 0 Å². The van der Waals surface area contributed by atoms with Crippen LogP contribution in [-0.2, 0) is 23.1 Å². The van der Waals surface area contributed by atoms with Crippen molar-refractivity contribution in [3.63, 3.8) is 0 Å². The molecule has 2 heterocycles. The highest BCUT2D eigenvalue weighted by molar-refractivity contribution is 7.89. The van der Waals surface area contributed by atoms with Gasteiger partial charge in [-0.15, -0.1) is 11.3 Å². The first kappa shape index (κ1) is 15.1. The number of rotatable bonds is 8. The highest BCUT2D eigenvalue weighted by Gasteiger charge is 2.16. The molecule has 0 aliphatic heterocycles. The SMILES string of the molecule is CNCCCn1cc(S(=O)(=O)NCc2nccs2)cn1. The number of aryl methyl sites for hydroxylation is 1. The number of hydrogen-bond acceptors (Lipinski definition) is 6. The third-order valence-corrected chi connectivity index (χ3v) is 4.77. The molecule has 20 heavy (non-hydrogen) atoms. The monoisotopic (exact) mass is 315 g/mol. The van der Waals surface area contributed by atoms with Crippen LogP contribution in [0.1, 0.15) is 11.4 Å². The van der Waals surface area contributed by atoms with E-state index in [9.17, 15) is 8.42 Å². The molecular formula is C11H17N5O2S2. The number of nitrogens with zero attached hydrogens (tertiary/aromatic N) is 3. The van der Waals surface area contributed by atoms with Gasteiger partial charge in [-0.05, 0) is 20.0 Å². The van der Waals surface area contributed by atoms with E-state index in [0.29, 0.717) is 6.54 Å². The summed E-state index contributed by atoms with van der Waals surface area (Å²) < 4.78 is 28.3. The van der Waals surface area contributed by atoms with Crippen molar-refractivity contribution < 1.29 is 8.42 Å². The molecule has 0 aromatic carbocycles. The van der Waals surface area contributed by atoms with Gasteiger partial charge in [-0.3, -0.25) is 4.68 Å². The van der Waals surface area contributed by atoms with E-state index in [-0.39, 0.29) is 11.4 Å². The molecule has 0 unspecified atom stereocenters. The Morgan fingerprint density at radius 1 is 1.45 bits per heavy atom. The molecule has 2 rings (SSSR count). The highest BCUT2D eigenvalue weighted by Crippen LogP contribution is 2.09. The maximum Gasteiger partial charge on any atom is 0.244 e. The summed E-state index contributed by atoms with van der Waals surface area (Å²) in [6, 6.07) is 0. The molecule has 0 aliphatic carbocycles. The van der Waals surface area contributed by atoms with Crippen molar-refractivity contribution >= 4 is 21.4 Å². The molecule has 9 heteroatoms. The molecular weight excluding hydrogens is 298 g/mol. The minimum absolute atomic E-state index is 0.179. The maximum absolute atomic E-state index is 12.1. The summed E-state index contributed by atoms with van der Waals surface area (Å²) in [7, 11) is -1.65. The third kappa shape index (κ3) is 4.10. The Morgan fingerprint density at radius 2 is 2.30 bits per heavy atom. The van der Waals surface area contributed by atoms with E-state index in [2.05, 4.69) is 20.1 Å². The fraction of sp³-hybridized carbons (Fsp3) is 0.455. The highest BCUT2D eigenvalue weighted by atomic mass is 32.2. The molecule has 2 N–H and O–H groups in total. The van der Waals surface area contributed by atoms with Crippen LogP contribution in [0.25, 0.3) is 0 Å². The van der Waals surface area contributed by atoms with Gasteiger partial charge in [0.05, 0.1) is 12.7 Å². The molecule has 0 aliphatic rings. The minimum Gasteiger partial charge on any atom is -0.320 e. The van der Waals surface area contributed by atoms with E-state index < -0.39 is 10.0 Å². The van der Waals surface area contributed by atoms with Crippen LogP contribution < -0.4 is 10.0 Å². The second kappa shape index (κ2) is 6.93. The summed E-state index contributed by atoms with van der Waals surface area (Å²) in [5, 5.41) is 9.63. The Hall–Kier alpha value is -1.29. The number of nitrogens with one attached hydrogen (secondary N) is 2. The number of thiazole rings is 1. The fourth-order valence-corrected chi connectivity index (χ4v) is 3.19. The van der Waals surface area contributed by atoms with Crippen molar-refractivity contribution in [2.45, 2.75) is 24.4 Å². The zero-order valence-corrected chi connectivity index (χ0v) is 12.7. The summed E-state index contributed by atoms with van der Waals surface area (Å²) in [6.07, 6.45) is 5.45. The van der Waals surface area contributed by atoms with Crippen LogP contribution in [0, 0.1) is 0 Å². The zero-order chi connectivity index (χ0) is 14.4. The second-order valence-electron chi connectivity index (χ2n) is 4.15. The van der Waals surface area contributed by atoms with Gasteiger partial charge in [0.25, 0.3) is 0 Å². The Bertz CT molecular complexity index is 621. The van der Waals surface area contributed by atoms with Crippen LogP contribution in [0.3, 0.4) is 0 Å². The van der Waals surface area contributed by atoms with Crippen molar-refractivity contribution in [2.75, 3.05) is 13.6 Å². The van der Waals surface area contributed by atoms with E-state index in [1.807, 2.05) is 12.4 Å². The predicted molar refractivity (Wildman–Crippen MR) is 76.9 cm³/mol. The van der Waals surface area contributed by atoms with Crippen LogP contribution in [0.15, 0.2) is 28.9 Å². The average molecular weight is 315 g/mol. The molecule has 2 aromatic rings. The molecule has 0 spiro atoms. The second-order valence-corrected chi connectivity index (χ2v) is 6.89. The lowest BCUT2D eigenvalue weighted by atomic mass is 10.4. The average Bonchev–Trinajstić information content (AvgIpc) is 3.08. The van der Waals surface area contributed by atoms with Gasteiger partial charge in [0.1, 0.15) is 9.90 Å². The standard InChI is InChI=1S/C11H17N5O2S2/c1-12-3-2-5-16-9-10(7-14-16)20(17,18)15-8-11-13-4-6-19-11/h4,6-7,9,12,15H,2-3,5,8H2,1H3. The van der Waals surface area contributed by atoms with Gasteiger partial charge in [0, 0.05) is 24.3 Å². The van der Waals surface area contributed by atoms with Gasteiger partial charge in [-0.2, -0.15) is 5.10 Å². The van der Waals surface area contributed by atoms with Crippen LogP contribution >= 0.6 is 11.3 Å². The first-order valence-electron chi connectivity index (χ1n) is 6.17. The van der Waals surface area contributed by atoms with Gasteiger partial charge in [-0.25, -0.2) is 18.1 Å². The summed E-state index contributed by atoms with van der Waals surface area (Å²) in [4.78, 5) is 4.21. The lowest BCUT2D eigenvalue weighted by Gasteiger charge is -2.02. The van der Waals surface area contributed by atoms with Gasteiger partial charge in [0.2, 0.25) is 10.0 Å². The topological polar surface area (TPSA) is 88.9 Å². The summed E-state index contributed by atoms with van der Waals surface area (Å²) in [5.74, 6) is 0. The van der Waals surface area contributed by atoms with Crippen molar-refractivity contribution in [3.8, 4) is 0 Å². The lowest BCUT2D eigenvalue weighted by molar-refractivity contribution is 0.560. The van der Waals surface area contributed by atoms with Crippen molar-refractivity contribution in [1.82, 2.24) is 24.8 Å². The third-order valence-electron chi connectivity index (χ3n) is 2.63. The fourth-order valence-electron chi connectivity index (χ4n) is 1.60. The Labute approximate surface area is 122 Å². The summed E-state index contributed by atoms with van der Waals surface area (Å²) in [5.41, 5.74) is 0. The lowest BCUT2D eigenvalue weighted by Crippen LogP contribution is -2.22. The largest absolute Gasteiger partial charge is 0.320 e. The molecule has 0 saturated heterocycles. The smallest absolute Gasteiger partial charge is 0.244 e. The van der Waals surface area contributed by atoms with E-state index in [0.717, 1.165) is 18.0 Å². The van der Waals surface area contributed by atoms with Crippen molar-refractivity contribution in [2.24, 2.45) is 0 Å².